The van der Waals surface area contributed by atoms with Gasteiger partial charge in [-0.15, -0.1) is 11.6 Å². The van der Waals surface area contributed by atoms with Crippen LogP contribution < -0.4 is 0 Å². The lowest BCUT2D eigenvalue weighted by atomic mass is 9.84. The van der Waals surface area contributed by atoms with Gasteiger partial charge < -0.3 is 9.64 Å². The first-order chi connectivity index (χ1) is 7.12. The van der Waals surface area contributed by atoms with Crippen molar-refractivity contribution in [2.75, 3.05) is 13.1 Å². The van der Waals surface area contributed by atoms with Gasteiger partial charge in [-0.05, 0) is 32.6 Å². The summed E-state index contributed by atoms with van der Waals surface area (Å²) in [5.41, 5.74) is -0.476. The van der Waals surface area contributed by atoms with E-state index in [0.29, 0.717) is 13.1 Å². The van der Waals surface area contributed by atoms with Gasteiger partial charge in [-0.1, -0.05) is 13.8 Å². The molecule has 0 aromatic heterocycles. The Hall–Kier alpha value is -0.440. The molecule has 0 radical (unpaired) electrons. The van der Waals surface area contributed by atoms with E-state index >= 15 is 0 Å². The monoisotopic (exact) mass is 247 g/mol. The third kappa shape index (κ3) is 3.55. The Morgan fingerprint density at radius 1 is 1.44 bits per heavy atom. The second-order valence-electron chi connectivity index (χ2n) is 6.15. The summed E-state index contributed by atoms with van der Waals surface area (Å²) in [4.78, 5) is 13.6. The fourth-order valence-electron chi connectivity index (χ4n) is 1.81. The van der Waals surface area contributed by atoms with Crippen molar-refractivity contribution < 1.29 is 9.53 Å². The first-order valence-corrected chi connectivity index (χ1v) is 6.17. The third-order valence-electron chi connectivity index (χ3n) is 2.75. The number of amides is 1. The van der Waals surface area contributed by atoms with E-state index in [0.717, 1.165) is 6.42 Å². The van der Waals surface area contributed by atoms with Crippen molar-refractivity contribution in [3.63, 3.8) is 0 Å². The van der Waals surface area contributed by atoms with Crippen LogP contribution in [0.3, 0.4) is 0 Å². The zero-order valence-electron chi connectivity index (χ0n) is 10.8. The Bertz CT molecular complexity index is 271. The molecule has 1 fully saturated rings. The minimum absolute atomic E-state index is 0.0449. The van der Waals surface area contributed by atoms with Gasteiger partial charge in [0.15, 0.2) is 0 Å². The van der Waals surface area contributed by atoms with Crippen LogP contribution in [0.1, 0.15) is 41.0 Å². The quantitative estimate of drug-likeness (QED) is 0.615. The molecule has 0 spiro atoms. The van der Waals surface area contributed by atoms with Gasteiger partial charge in [0.2, 0.25) is 0 Å². The van der Waals surface area contributed by atoms with Gasteiger partial charge in [-0.3, -0.25) is 0 Å². The second-order valence-corrected chi connectivity index (χ2v) is 6.67. The maximum absolute atomic E-state index is 11.9. The molecule has 0 aromatic carbocycles. The van der Waals surface area contributed by atoms with Gasteiger partial charge in [0, 0.05) is 18.5 Å². The van der Waals surface area contributed by atoms with Crippen LogP contribution in [0.15, 0.2) is 0 Å². The molecule has 1 aliphatic heterocycles. The average Bonchev–Trinajstić information content (AvgIpc) is 2.06. The number of carbonyl (C=O) groups excluding carboxylic acids is 1. The summed E-state index contributed by atoms with van der Waals surface area (Å²) in [6.07, 6.45) is 0.595. The molecule has 1 heterocycles. The summed E-state index contributed by atoms with van der Waals surface area (Å²) in [6, 6.07) is 0. The maximum Gasteiger partial charge on any atom is 0.410 e. The summed E-state index contributed by atoms with van der Waals surface area (Å²) in [5.74, 6) is 0. The highest BCUT2D eigenvalue weighted by Crippen LogP contribution is 2.33. The van der Waals surface area contributed by atoms with Crippen molar-refractivity contribution in [3.05, 3.63) is 0 Å². The van der Waals surface area contributed by atoms with Crippen molar-refractivity contribution in [3.8, 4) is 0 Å². The Kier molecular flexibility index (Phi) is 3.78. The normalized spacial score (nSPS) is 25.4. The van der Waals surface area contributed by atoms with Crippen LogP contribution in [-0.2, 0) is 4.74 Å². The number of hydrogen-bond donors (Lipinski definition) is 0. The minimum Gasteiger partial charge on any atom is -0.444 e. The highest BCUT2D eigenvalue weighted by atomic mass is 35.5. The van der Waals surface area contributed by atoms with Crippen LogP contribution >= 0.6 is 11.6 Å². The van der Waals surface area contributed by atoms with Gasteiger partial charge in [0.25, 0.3) is 0 Å². The Labute approximate surface area is 103 Å². The summed E-state index contributed by atoms with van der Waals surface area (Å²) in [6.45, 7) is 11.2. The molecule has 0 bridgehead atoms. The topological polar surface area (TPSA) is 29.5 Å². The number of hydrogen-bond acceptors (Lipinski definition) is 2. The molecule has 1 amide bonds. The smallest absolute Gasteiger partial charge is 0.410 e. The van der Waals surface area contributed by atoms with Crippen molar-refractivity contribution in [1.82, 2.24) is 4.90 Å². The van der Waals surface area contributed by atoms with Crippen LogP contribution in [0.25, 0.3) is 0 Å². The summed E-state index contributed by atoms with van der Waals surface area (Å²) in [5, 5.41) is 0.131. The molecule has 0 saturated carbocycles. The third-order valence-corrected chi connectivity index (χ3v) is 3.56. The molecule has 1 unspecified atom stereocenters. The van der Waals surface area contributed by atoms with Crippen LogP contribution in [0.4, 0.5) is 4.79 Å². The van der Waals surface area contributed by atoms with Crippen molar-refractivity contribution in [2.24, 2.45) is 5.41 Å². The molecule has 3 nitrogen and oxygen atoms in total. The first-order valence-electron chi connectivity index (χ1n) is 5.74. The van der Waals surface area contributed by atoms with Gasteiger partial charge in [0.05, 0.1) is 0 Å². The van der Waals surface area contributed by atoms with Crippen LogP contribution in [-0.4, -0.2) is 35.1 Å². The molecular weight excluding hydrogens is 226 g/mol. The molecule has 0 aromatic rings. The van der Waals surface area contributed by atoms with Crippen LogP contribution in [0.2, 0.25) is 0 Å². The molecular formula is C12H22ClNO2. The summed E-state index contributed by atoms with van der Waals surface area (Å²) in [7, 11) is 0. The van der Waals surface area contributed by atoms with Crippen LogP contribution in [0, 0.1) is 5.41 Å². The number of rotatable bonds is 0. The largest absolute Gasteiger partial charge is 0.444 e. The average molecular weight is 248 g/mol. The fourth-order valence-corrected chi connectivity index (χ4v) is 1.98. The van der Waals surface area contributed by atoms with E-state index in [4.69, 9.17) is 16.3 Å². The number of carbonyl (C=O) groups is 1. The Morgan fingerprint density at radius 3 is 2.44 bits per heavy atom. The van der Waals surface area contributed by atoms with E-state index in [1.165, 1.54) is 0 Å². The molecule has 16 heavy (non-hydrogen) atoms. The fraction of sp³-hybridized carbons (Fsp3) is 0.917. The first kappa shape index (κ1) is 13.6. The lowest BCUT2D eigenvalue weighted by molar-refractivity contribution is 0.00980. The van der Waals surface area contributed by atoms with E-state index in [2.05, 4.69) is 13.8 Å². The number of piperidine rings is 1. The van der Waals surface area contributed by atoms with Crippen molar-refractivity contribution in [2.45, 2.75) is 52.0 Å². The molecule has 0 aliphatic carbocycles. The Morgan fingerprint density at radius 2 is 2.00 bits per heavy atom. The van der Waals surface area contributed by atoms with Crippen LogP contribution in [0.5, 0.6) is 0 Å². The maximum atomic E-state index is 11.9. The lowest BCUT2D eigenvalue weighted by Gasteiger charge is -2.41. The minimum atomic E-state index is -0.432. The van der Waals surface area contributed by atoms with E-state index in [1.54, 1.807) is 4.90 Å². The van der Waals surface area contributed by atoms with Gasteiger partial charge in [0.1, 0.15) is 5.60 Å². The predicted molar refractivity (Wildman–Crippen MR) is 65.8 cm³/mol. The SMILES string of the molecule is CC(C)(C)OC(=O)N1CCC(Cl)C(C)(C)C1. The van der Waals surface area contributed by atoms with Gasteiger partial charge in [-0.2, -0.15) is 0 Å². The molecule has 94 valence electrons. The highest BCUT2D eigenvalue weighted by molar-refractivity contribution is 6.21. The van der Waals surface area contributed by atoms with E-state index in [-0.39, 0.29) is 16.9 Å². The number of nitrogens with zero attached hydrogens (tertiary/aromatic N) is 1. The molecule has 1 rings (SSSR count). The van der Waals surface area contributed by atoms with Crippen molar-refractivity contribution >= 4 is 17.7 Å². The van der Waals surface area contributed by atoms with E-state index in [9.17, 15) is 4.79 Å². The number of likely N-dealkylation sites (tertiary alicyclic amines) is 1. The zero-order valence-corrected chi connectivity index (χ0v) is 11.6. The van der Waals surface area contributed by atoms with E-state index in [1.807, 2.05) is 20.8 Å². The molecule has 1 aliphatic rings. The van der Waals surface area contributed by atoms with Gasteiger partial charge >= 0.3 is 6.09 Å². The highest BCUT2D eigenvalue weighted by Gasteiger charge is 2.37. The molecule has 0 N–H and O–H groups in total. The Balaban J connectivity index is 2.60. The lowest BCUT2D eigenvalue weighted by Crippen LogP contribution is -2.50. The number of alkyl halides is 1. The molecule has 1 atom stereocenters. The standard InChI is InChI=1S/C12H22ClNO2/c1-11(2,3)16-10(15)14-7-6-9(13)12(4,5)8-14/h9H,6-8H2,1-5H3. The summed E-state index contributed by atoms with van der Waals surface area (Å²) >= 11 is 6.23. The zero-order chi connectivity index (χ0) is 12.6. The molecule has 1 saturated heterocycles. The van der Waals surface area contributed by atoms with E-state index < -0.39 is 5.60 Å². The second kappa shape index (κ2) is 4.44. The summed E-state index contributed by atoms with van der Waals surface area (Å²) < 4.78 is 5.35. The predicted octanol–water partition coefficient (Wildman–Crippen LogP) is 3.26. The molecule has 4 heteroatoms. The van der Waals surface area contributed by atoms with Gasteiger partial charge in [-0.25, -0.2) is 4.79 Å². The number of halogens is 1. The van der Waals surface area contributed by atoms with Crippen molar-refractivity contribution in [1.29, 1.82) is 0 Å². The number of ether oxygens (including phenoxy) is 1.